The van der Waals surface area contributed by atoms with Crippen molar-refractivity contribution in [2.24, 2.45) is 0 Å². The smallest absolute Gasteiger partial charge is 0.338 e. The Kier molecular flexibility index (Phi) is 7.63. The van der Waals surface area contributed by atoms with E-state index in [4.69, 9.17) is 19.4 Å². The highest BCUT2D eigenvalue weighted by Gasteiger charge is 2.21. The summed E-state index contributed by atoms with van der Waals surface area (Å²) in [5, 5.41) is 9.29. The van der Waals surface area contributed by atoms with Gasteiger partial charge in [-0.2, -0.15) is 5.10 Å². The number of benzene rings is 1. The van der Waals surface area contributed by atoms with Crippen molar-refractivity contribution < 1.29 is 19.1 Å². The first-order valence-electron chi connectivity index (χ1n) is 11.2. The number of thioether (sulfide) groups is 1. The van der Waals surface area contributed by atoms with Crippen molar-refractivity contribution in [1.82, 2.24) is 25.1 Å². The normalized spacial score (nSPS) is 13.9. The molecule has 180 valence electrons. The number of fused-ring (bicyclic) bond motifs is 1. The van der Waals surface area contributed by atoms with Gasteiger partial charge in [0, 0.05) is 24.9 Å². The van der Waals surface area contributed by atoms with Crippen molar-refractivity contribution in [2.75, 3.05) is 44.9 Å². The molecular formula is C23H28N6O4S. The molecule has 0 radical (unpaired) electrons. The maximum absolute atomic E-state index is 12.7. The SMILES string of the molecule is COC(=O)c1ccccc1C(=O)NCCn1ncc2c(N3CCOCC3)nc(SC(C)C)nc21. The van der Waals surface area contributed by atoms with Crippen molar-refractivity contribution in [3.05, 3.63) is 41.6 Å². The standard InChI is InChI=1S/C23H28N6O4S/c1-15(2)34-23-26-19(28-10-12-33-13-11-28)18-14-25-29(20(18)27-23)9-8-24-21(30)16-6-4-5-7-17(16)22(31)32-3/h4-7,14-15H,8-13H2,1-3H3,(H,24,30). The van der Waals surface area contributed by atoms with Crippen molar-refractivity contribution in [2.45, 2.75) is 30.8 Å². The molecule has 0 spiro atoms. The highest BCUT2D eigenvalue weighted by molar-refractivity contribution is 7.99. The van der Waals surface area contributed by atoms with E-state index in [-0.39, 0.29) is 17.0 Å². The summed E-state index contributed by atoms with van der Waals surface area (Å²) in [7, 11) is 1.29. The van der Waals surface area contributed by atoms with Crippen LogP contribution in [0.1, 0.15) is 34.6 Å². The zero-order valence-corrected chi connectivity index (χ0v) is 20.3. The topological polar surface area (TPSA) is 111 Å². The number of nitrogens with zero attached hydrogens (tertiary/aromatic N) is 5. The van der Waals surface area contributed by atoms with Crippen LogP contribution in [-0.4, -0.2) is 76.8 Å². The Morgan fingerprint density at radius 3 is 2.62 bits per heavy atom. The van der Waals surface area contributed by atoms with E-state index in [1.54, 1.807) is 46.9 Å². The van der Waals surface area contributed by atoms with Gasteiger partial charge in [-0.25, -0.2) is 19.4 Å². The lowest BCUT2D eigenvalue weighted by Crippen LogP contribution is -2.37. The van der Waals surface area contributed by atoms with E-state index in [0.717, 1.165) is 29.9 Å². The first-order chi connectivity index (χ1) is 16.5. The molecule has 11 heteroatoms. The minimum Gasteiger partial charge on any atom is -0.465 e. The van der Waals surface area contributed by atoms with Gasteiger partial charge in [-0.1, -0.05) is 37.7 Å². The third-order valence-corrected chi connectivity index (χ3v) is 6.16. The number of amides is 1. The molecular weight excluding hydrogens is 456 g/mol. The third kappa shape index (κ3) is 5.31. The molecule has 0 unspecified atom stereocenters. The van der Waals surface area contributed by atoms with Gasteiger partial charge in [-0.3, -0.25) is 4.79 Å². The molecule has 1 aliphatic heterocycles. The van der Waals surface area contributed by atoms with E-state index < -0.39 is 5.97 Å². The molecule has 1 N–H and O–H groups in total. The lowest BCUT2D eigenvalue weighted by atomic mass is 10.1. The Morgan fingerprint density at radius 1 is 1.18 bits per heavy atom. The summed E-state index contributed by atoms with van der Waals surface area (Å²) in [6.45, 7) is 7.78. The predicted molar refractivity (Wildman–Crippen MR) is 129 cm³/mol. The van der Waals surface area contributed by atoms with Gasteiger partial charge in [-0.05, 0) is 12.1 Å². The van der Waals surface area contributed by atoms with Gasteiger partial charge in [0.2, 0.25) is 0 Å². The van der Waals surface area contributed by atoms with Crippen LogP contribution in [-0.2, 0) is 16.0 Å². The fourth-order valence-corrected chi connectivity index (χ4v) is 4.40. The van der Waals surface area contributed by atoms with E-state index in [9.17, 15) is 9.59 Å². The maximum Gasteiger partial charge on any atom is 0.338 e. The van der Waals surface area contributed by atoms with Gasteiger partial charge in [0.15, 0.2) is 10.8 Å². The summed E-state index contributed by atoms with van der Waals surface area (Å²) in [4.78, 5) is 36.5. The minimum absolute atomic E-state index is 0.227. The Balaban J connectivity index is 1.53. The quantitative estimate of drug-likeness (QED) is 0.293. The first-order valence-corrected chi connectivity index (χ1v) is 12.0. The number of esters is 1. The molecule has 1 saturated heterocycles. The number of hydrogen-bond acceptors (Lipinski definition) is 9. The number of rotatable bonds is 8. The minimum atomic E-state index is -0.550. The van der Waals surface area contributed by atoms with Crippen LogP contribution in [0.25, 0.3) is 11.0 Å². The molecule has 3 aromatic rings. The fourth-order valence-electron chi connectivity index (χ4n) is 3.70. The number of ether oxygens (including phenoxy) is 2. The molecule has 3 heterocycles. The number of morpholine rings is 1. The molecule has 0 saturated carbocycles. The number of anilines is 1. The molecule has 1 aromatic carbocycles. The Bertz CT molecular complexity index is 1180. The maximum atomic E-state index is 12.7. The summed E-state index contributed by atoms with van der Waals surface area (Å²) in [5.74, 6) is -0.0396. The monoisotopic (exact) mass is 484 g/mol. The number of aromatic nitrogens is 4. The molecule has 34 heavy (non-hydrogen) atoms. The number of carbonyl (C=O) groups excluding carboxylic acids is 2. The second kappa shape index (κ2) is 10.8. The van der Waals surface area contributed by atoms with Crippen LogP contribution in [0.2, 0.25) is 0 Å². The Morgan fingerprint density at radius 2 is 1.91 bits per heavy atom. The highest BCUT2D eigenvalue weighted by Crippen LogP contribution is 2.29. The first kappa shape index (κ1) is 24.0. The molecule has 1 amide bonds. The molecule has 4 rings (SSSR count). The van der Waals surface area contributed by atoms with Crippen LogP contribution in [0.3, 0.4) is 0 Å². The summed E-state index contributed by atoms with van der Waals surface area (Å²) in [6, 6.07) is 6.57. The molecule has 10 nitrogen and oxygen atoms in total. The number of carbonyl (C=O) groups is 2. The van der Waals surface area contributed by atoms with Gasteiger partial charge in [0.05, 0.1) is 49.6 Å². The summed E-state index contributed by atoms with van der Waals surface area (Å²) in [5.41, 5.74) is 1.22. The Hall–Kier alpha value is -3.18. The van der Waals surface area contributed by atoms with Gasteiger partial charge in [0.1, 0.15) is 5.82 Å². The second-order valence-electron chi connectivity index (χ2n) is 7.99. The molecule has 0 aliphatic carbocycles. The van der Waals surface area contributed by atoms with Crippen LogP contribution < -0.4 is 10.2 Å². The number of nitrogens with one attached hydrogen (secondary N) is 1. The van der Waals surface area contributed by atoms with Crippen molar-refractivity contribution in [1.29, 1.82) is 0 Å². The van der Waals surface area contributed by atoms with Crippen LogP contribution in [0.15, 0.2) is 35.6 Å². The zero-order valence-electron chi connectivity index (χ0n) is 19.5. The highest BCUT2D eigenvalue weighted by atomic mass is 32.2. The molecule has 1 fully saturated rings. The molecule has 0 atom stereocenters. The summed E-state index contributed by atoms with van der Waals surface area (Å²) in [6.07, 6.45) is 1.78. The molecule has 0 bridgehead atoms. The summed E-state index contributed by atoms with van der Waals surface area (Å²) < 4.78 is 12.0. The van der Waals surface area contributed by atoms with Crippen LogP contribution in [0, 0.1) is 0 Å². The van der Waals surface area contributed by atoms with Gasteiger partial charge in [-0.15, -0.1) is 0 Å². The van der Waals surface area contributed by atoms with Crippen molar-refractivity contribution >= 4 is 40.5 Å². The largest absolute Gasteiger partial charge is 0.465 e. The van der Waals surface area contributed by atoms with E-state index in [0.29, 0.717) is 36.7 Å². The fraction of sp³-hybridized carbons (Fsp3) is 0.435. The van der Waals surface area contributed by atoms with Gasteiger partial charge < -0.3 is 19.7 Å². The average Bonchev–Trinajstić information content (AvgIpc) is 3.26. The zero-order chi connectivity index (χ0) is 24.1. The van der Waals surface area contributed by atoms with Crippen LogP contribution >= 0.6 is 11.8 Å². The molecule has 1 aliphatic rings. The van der Waals surface area contributed by atoms with Gasteiger partial charge >= 0.3 is 5.97 Å². The van der Waals surface area contributed by atoms with Crippen molar-refractivity contribution in [3.8, 4) is 0 Å². The number of methoxy groups -OCH3 is 1. The second-order valence-corrected chi connectivity index (χ2v) is 9.54. The van der Waals surface area contributed by atoms with E-state index >= 15 is 0 Å². The lowest BCUT2D eigenvalue weighted by molar-refractivity contribution is 0.0596. The van der Waals surface area contributed by atoms with E-state index in [1.807, 2.05) is 0 Å². The predicted octanol–water partition coefficient (Wildman–Crippen LogP) is 2.38. The summed E-state index contributed by atoms with van der Waals surface area (Å²) >= 11 is 1.60. The van der Waals surface area contributed by atoms with Gasteiger partial charge in [0.25, 0.3) is 5.91 Å². The van der Waals surface area contributed by atoms with Crippen LogP contribution in [0.5, 0.6) is 0 Å². The van der Waals surface area contributed by atoms with Crippen LogP contribution in [0.4, 0.5) is 5.82 Å². The number of hydrogen-bond donors (Lipinski definition) is 1. The van der Waals surface area contributed by atoms with Crippen molar-refractivity contribution in [3.63, 3.8) is 0 Å². The lowest BCUT2D eigenvalue weighted by Gasteiger charge is -2.28. The Labute approximate surface area is 202 Å². The van der Waals surface area contributed by atoms with E-state index in [1.165, 1.54) is 7.11 Å². The molecule has 2 aromatic heterocycles. The third-order valence-electron chi connectivity index (χ3n) is 5.29. The average molecular weight is 485 g/mol. The van der Waals surface area contributed by atoms with E-state index in [2.05, 4.69) is 29.2 Å².